The zero-order valence-corrected chi connectivity index (χ0v) is 15.9. The third-order valence-corrected chi connectivity index (χ3v) is 7.62. The molecule has 6 nitrogen and oxygen atoms in total. The van der Waals surface area contributed by atoms with Gasteiger partial charge in [-0.2, -0.15) is 0 Å². The number of carbonyl (C=O) groups is 1. The lowest BCUT2D eigenvalue weighted by atomic mass is 9.53. The van der Waals surface area contributed by atoms with E-state index in [4.69, 9.17) is 0 Å². The van der Waals surface area contributed by atoms with Gasteiger partial charge in [0.25, 0.3) is 0 Å². The van der Waals surface area contributed by atoms with Gasteiger partial charge < -0.3 is 10.6 Å². The summed E-state index contributed by atoms with van der Waals surface area (Å²) in [6.07, 6.45) is 12.1. The maximum absolute atomic E-state index is 12.6. The van der Waals surface area contributed by atoms with E-state index < -0.39 is 10.0 Å². The van der Waals surface area contributed by atoms with E-state index in [0.717, 1.165) is 43.4 Å². The van der Waals surface area contributed by atoms with Crippen molar-refractivity contribution in [3.05, 3.63) is 0 Å². The van der Waals surface area contributed by atoms with E-state index in [0.29, 0.717) is 0 Å². The fourth-order valence-electron chi connectivity index (χ4n) is 6.38. The van der Waals surface area contributed by atoms with Gasteiger partial charge in [-0.1, -0.05) is 0 Å². The summed E-state index contributed by atoms with van der Waals surface area (Å²) in [5, 5.41) is 6.51. The molecule has 7 heteroatoms. The van der Waals surface area contributed by atoms with E-state index in [1.807, 2.05) is 0 Å². The predicted molar refractivity (Wildman–Crippen MR) is 96.6 cm³/mol. The van der Waals surface area contributed by atoms with Crippen LogP contribution in [0.4, 0.5) is 4.79 Å². The van der Waals surface area contributed by atoms with Crippen molar-refractivity contribution in [1.29, 1.82) is 0 Å². The van der Waals surface area contributed by atoms with Crippen molar-refractivity contribution < 1.29 is 13.2 Å². The van der Waals surface area contributed by atoms with Gasteiger partial charge in [0.1, 0.15) is 0 Å². The summed E-state index contributed by atoms with van der Waals surface area (Å²) in [6.45, 7) is 0. The van der Waals surface area contributed by atoms with Crippen LogP contribution in [-0.2, 0) is 10.0 Å². The number of hydrogen-bond acceptors (Lipinski definition) is 3. The van der Waals surface area contributed by atoms with Crippen LogP contribution in [0.3, 0.4) is 0 Å². The highest BCUT2D eigenvalue weighted by Crippen LogP contribution is 2.55. The molecule has 5 rings (SSSR count). The molecule has 0 atom stereocenters. The fraction of sp³-hybridized carbons (Fsp3) is 0.944. The molecule has 5 aliphatic carbocycles. The number of rotatable bonds is 4. The maximum atomic E-state index is 12.6. The van der Waals surface area contributed by atoms with Crippen LogP contribution >= 0.6 is 0 Å². The Hall–Kier alpha value is -0.820. The van der Waals surface area contributed by atoms with Crippen LogP contribution in [0, 0.1) is 17.8 Å². The standard InChI is InChI=1S/C18H31N3O3S/c1-25(23,24)21-16-4-2-15(3-5-16)19-17(22)20-18-9-12-6-13(10-18)8-14(7-12)11-18/h12-16,21H,2-11H2,1H3,(H2,19,20,22). The van der Waals surface area contributed by atoms with Crippen molar-refractivity contribution in [3.8, 4) is 0 Å². The lowest BCUT2D eigenvalue weighted by Crippen LogP contribution is -2.62. The Morgan fingerprint density at radius 3 is 1.84 bits per heavy atom. The van der Waals surface area contributed by atoms with Crippen molar-refractivity contribution in [1.82, 2.24) is 15.4 Å². The zero-order chi connectivity index (χ0) is 17.7. The largest absolute Gasteiger partial charge is 0.335 e. The molecule has 25 heavy (non-hydrogen) atoms. The molecular weight excluding hydrogens is 338 g/mol. The third kappa shape index (κ3) is 4.13. The highest BCUT2D eigenvalue weighted by Gasteiger charge is 2.51. The molecule has 0 aromatic heterocycles. The van der Waals surface area contributed by atoms with Gasteiger partial charge in [0.05, 0.1) is 6.26 Å². The van der Waals surface area contributed by atoms with Gasteiger partial charge in [0.15, 0.2) is 0 Å². The van der Waals surface area contributed by atoms with Gasteiger partial charge in [0.2, 0.25) is 10.0 Å². The Labute approximate surface area is 150 Å². The predicted octanol–water partition coefficient (Wildman–Crippen LogP) is 2.11. The zero-order valence-electron chi connectivity index (χ0n) is 15.1. The van der Waals surface area contributed by atoms with Crippen LogP contribution in [0.1, 0.15) is 64.2 Å². The molecule has 3 N–H and O–H groups in total. The molecule has 0 saturated heterocycles. The Balaban J connectivity index is 1.26. The summed E-state index contributed by atoms with van der Waals surface area (Å²) < 4.78 is 25.3. The third-order valence-electron chi connectivity index (χ3n) is 6.86. The quantitative estimate of drug-likeness (QED) is 0.709. The first-order chi connectivity index (χ1) is 11.8. The molecule has 5 saturated carbocycles. The van der Waals surface area contributed by atoms with Crippen molar-refractivity contribution in [2.24, 2.45) is 17.8 Å². The van der Waals surface area contributed by atoms with Crippen molar-refractivity contribution in [3.63, 3.8) is 0 Å². The molecule has 5 aliphatic rings. The number of amides is 2. The van der Waals surface area contributed by atoms with E-state index in [1.165, 1.54) is 44.8 Å². The molecule has 0 aromatic carbocycles. The van der Waals surface area contributed by atoms with Gasteiger partial charge in [-0.3, -0.25) is 0 Å². The second-order valence-corrected chi connectivity index (χ2v) is 11.0. The molecule has 2 amide bonds. The summed E-state index contributed by atoms with van der Waals surface area (Å²) in [6, 6.07) is 0.159. The molecule has 0 heterocycles. The lowest BCUT2D eigenvalue weighted by molar-refractivity contribution is -0.0137. The average Bonchev–Trinajstić information content (AvgIpc) is 2.45. The minimum Gasteiger partial charge on any atom is -0.335 e. The first kappa shape index (κ1) is 17.6. The Bertz CT molecular complexity index is 590. The van der Waals surface area contributed by atoms with Crippen molar-refractivity contribution in [2.75, 3.05) is 6.26 Å². The fourth-order valence-corrected chi connectivity index (χ4v) is 7.23. The molecule has 0 spiro atoms. The Kier molecular flexibility index (Phi) is 4.51. The first-order valence-corrected chi connectivity index (χ1v) is 11.7. The Morgan fingerprint density at radius 1 is 0.880 bits per heavy atom. The molecule has 0 unspecified atom stereocenters. The molecule has 4 bridgehead atoms. The summed E-state index contributed by atoms with van der Waals surface area (Å²) in [4.78, 5) is 12.6. The van der Waals surface area contributed by atoms with Crippen molar-refractivity contribution >= 4 is 16.1 Å². The van der Waals surface area contributed by atoms with Crippen LogP contribution in [0.2, 0.25) is 0 Å². The number of hydrogen-bond donors (Lipinski definition) is 3. The highest BCUT2D eigenvalue weighted by atomic mass is 32.2. The summed E-state index contributed by atoms with van der Waals surface area (Å²) in [5.74, 6) is 2.47. The molecular formula is C18H31N3O3S. The topological polar surface area (TPSA) is 87.3 Å². The molecule has 142 valence electrons. The summed E-state index contributed by atoms with van der Waals surface area (Å²) in [5.41, 5.74) is 0.0495. The van der Waals surface area contributed by atoms with Crippen LogP contribution in [-0.4, -0.2) is 38.3 Å². The van der Waals surface area contributed by atoms with Crippen LogP contribution in [0.5, 0.6) is 0 Å². The van der Waals surface area contributed by atoms with Crippen LogP contribution in [0.15, 0.2) is 0 Å². The smallest absolute Gasteiger partial charge is 0.315 e. The van der Waals surface area contributed by atoms with Gasteiger partial charge in [-0.15, -0.1) is 0 Å². The van der Waals surface area contributed by atoms with Gasteiger partial charge in [-0.05, 0) is 82.0 Å². The van der Waals surface area contributed by atoms with E-state index in [9.17, 15) is 13.2 Å². The maximum Gasteiger partial charge on any atom is 0.315 e. The monoisotopic (exact) mass is 369 g/mol. The molecule has 0 radical (unpaired) electrons. The molecule has 0 aliphatic heterocycles. The normalized spacial score (nSPS) is 43.0. The number of urea groups is 1. The minimum absolute atomic E-state index is 0.0125. The van der Waals surface area contributed by atoms with Crippen molar-refractivity contribution in [2.45, 2.75) is 81.8 Å². The van der Waals surface area contributed by atoms with E-state index in [-0.39, 0.29) is 23.7 Å². The van der Waals surface area contributed by atoms with Crippen LogP contribution in [0.25, 0.3) is 0 Å². The minimum atomic E-state index is -3.14. The summed E-state index contributed by atoms with van der Waals surface area (Å²) >= 11 is 0. The van der Waals surface area contributed by atoms with E-state index in [2.05, 4.69) is 15.4 Å². The molecule has 0 aromatic rings. The average molecular weight is 370 g/mol. The van der Waals surface area contributed by atoms with E-state index in [1.54, 1.807) is 0 Å². The van der Waals surface area contributed by atoms with Gasteiger partial charge >= 0.3 is 6.03 Å². The second kappa shape index (κ2) is 6.41. The lowest BCUT2D eigenvalue weighted by Gasteiger charge is -2.56. The van der Waals surface area contributed by atoms with E-state index >= 15 is 0 Å². The SMILES string of the molecule is CS(=O)(=O)NC1CCC(NC(=O)NC23CC4CC(CC(C4)C2)C3)CC1. The highest BCUT2D eigenvalue weighted by molar-refractivity contribution is 7.88. The van der Waals surface area contributed by atoms with Gasteiger partial charge in [0, 0.05) is 17.6 Å². The second-order valence-electron chi connectivity index (χ2n) is 9.23. The number of carbonyl (C=O) groups excluding carboxylic acids is 1. The molecule has 5 fully saturated rings. The van der Waals surface area contributed by atoms with Crippen LogP contribution < -0.4 is 15.4 Å². The van der Waals surface area contributed by atoms with Gasteiger partial charge in [-0.25, -0.2) is 17.9 Å². The number of nitrogens with one attached hydrogen (secondary N) is 3. The number of sulfonamides is 1. The summed E-state index contributed by atoms with van der Waals surface area (Å²) in [7, 11) is -3.14. The Morgan fingerprint density at radius 2 is 1.36 bits per heavy atom. The first-order valence-electron chi connectivity index (χ1n) is 9.85.